The number of nitrogens with zero attached hydrogens (tertiary/aromatic N) is 1. The van der Waals surface area contributed by atoms with Crippen LogP contribution in [0.25, 0.3) is 10.9 Å². The van der Waals surface area contributed by atoms with Gasteiger partial charge in [0.15, 0.2) is 0 Å². The van der Waals surface area contributed by atoms with Crippen LogP contribution >= 0.6 is 0 Å². The fourth-order valence-electron chi connectivity index (χ4n) is 2.19. The molecule has 0 spiro atoms. The maximum Gasteiger partial charge on any atom is 0.240 e. The van der Waals surface area contributed by atoms with Gasteiger partial charge in [-0.05, 0) is 38.5 Å². The van der Waals surface area contributed by atoms with E-state index >= 15 is 0 Å². The monoisotopic (exact) mass is 274 g/mol. The second-order valence-electron chi connectivity index (χ2n) is 4.94. The highest BCUT2D eigenvalue weighted by atomic mass is 16.5. The summed E-state index contributed by atoms with van der Waals surface area (Å²) < 4.78 is 7.56. The number of benzene rings is 1. The summed E-state index contributed by atoms with van der Waals surface area (Å²) in [6.45, 7) is 7.01. The van der Waals surface area contributed by atoms with Crippen molar-refractivity contribution in [1.82, 2.24) is 9.88 Å². The van der Waals surface area contributed by atoms with Gasteiger partial charge in [0.2, 0.25) is 5.91 Å². The molecule has 20 heavy (non-hydrogen) atoms. The third kappa shape index (κ3) is 3.13. The molecule has 0 saturated heterocycles. The summed E-state index contributed by atoms with van der Waals surface area (Å²) in [5, 5.41) is 4.03. The van der Waals surface area contributed by atoms with E-state index in [1.54, 1.807) is 0 Å². The first-order valence-electron chi connectivity index (χ1n) is 7.15. The van der Waals surface area contributed by atoms with Crippen molar-refractivity contribution in [3.8, 4) is 5.75 Å². The molecule has 108 valence electrons. The van der Waals surface area contributed by atoms with E-state index < -0.39 is 0 Å². The molecule has 1 amide bonds. The second kappa shape index (κ2) is 6.46. The Labute approximate surface area is 119 Å². The molecule has 0 radical (unpaired) electrons. The Kier molecular flexibility index (Phi) is 4.66. The van der Waals surface area contributed by atoms with E-state index in [-0.39, 0.29) is 11.9 Å². The molecule has 0 aliphatic carbocycles. The van der Waals surface area contributed by atoms with Gasteiger partial charge < -0.3 is 14.6 Å². The molecule has 1 aromatic carbocycles. The third-order valence-electron chi connectivity index (χ3n) is 3.41. The molecule has 2 rings (SSSR count). The van der Waals surface area contributed by atoms with Crippen molar-refractivity contribution in [2.75, 3.05) is 6.61 Å². The van der Waals surface area contributed by atoms with Gasteiger partial charge in [0.25, 0.3) is 0 Å². The molecule has 4 heteroatoms. The van der Waals surface area contributed by atoms with Crippen molar-refractivity contribution < 1.29 is 9.53 Å². The molecular formula is C16H22N2O2. The van der Waals surface area contributed by atoms with Crippen LogP contribution in [0.3, 0.4) is 0 Å². The highest BCUT2D eigenvalue weighted by molar-refractivity contribution is 5.88. The number of hydrogen-bond donors (Lipinski definition) is 1. The van der Waals surface area contributed by atoms with Crippen LogP contribution in [-0.2, 0) is 11.3 Å². The Bertz CT molecular complexity index is 589. The zero-order valence-corrected chi connectivity index (χ0v) is 12.3. The first kappa shape index (κ1) is 14.4. The number of fused-ring (bicyclic) bond motifs is 1. The van der Waals surface area contributed by atoms with Crippen molar-refractivity contribution in [2.45, 2.75) is 39.8 Å². The van der Waals surface area contributed by atoms with E-state index in [2.05, 4.69) is 12.2 Å². The fraction of sp³-hybridized carbons (Fsp3) is 0.438. The average Bonchev–Trinajstić information content (AvgIpc) is 2.83. The van der Waals surface area contributed by atoms with E-state index in [4.69, 9.17) is 4.74 Å². The van der Waals surface area contributed by atoms with Crippen LogP contribution < -0.4 is 10.1 Å². The molecule has 1 unspecified atom stereocenters. The Morgan fingerprint density at radius 2 is 2.15 bits per heavy atom. The van der Waals surface area contributed by atoms with Gasteiger partial charge in [0.1, 0.15) is 12.3 Å². The molecule has 0 saturated carbocycles. The molecule has 4 nitrogen and oxygen atoms in total. The molecule has 1 N–H and O–H groups in total. The van der Waals surface area contributed by atoms with Crippen LogP contribution in [0.5, 0.6) is 5.75 Å². The lowest BCUT2D eigenvalue weighted by atomic mass is 10.2. The van der Waals surface area contributed by atoms with E-state index in [0.29, 0.717) is 13.2 Å². The minimum absolute atomic E-state index is 0.0404. The van der Waals surface area contributed by atoms with Gasteiger partial charge in [0.05, 0.1) is 12.1 Å². The smallest absolute Gasteiger partial charge is 0.240 e. The lowest BCUT2D eigenvalue weighted by Crippen LogP contribution is -2.34. The zero-order valence-electron chi connectivity index (χ0n) is 12.3. The largest absolute Gasteiger partial charge is 0.493 e. The van der Waals surface area contributed by atoms with Crippen LogP contribution in [0, 0.1) is 0 Å². The molecule has 0 aliphatic rings. The van der Waals surface area contributed by atoms with Crippen molar-refractivity contribution in [1.29, 1.82) is 0 Å². The van der Waals surface area contributed by atoms with Crippen LogP contribution in [-0.4, -0.2) is 23.1 Å². The molecule has 2 aromatic rings. The Morgan fingerprint density at radius 1 is 1.35 bits per heavy atom. The maximum atomic E-state index is 12.0. The predicted octanol–water partition coefficient (Wildman–Crippen LogP) is 2.95. The number of nitrogens with one attached hydrogen (secondary N) is 1. The molecule has 0 bridgehead atoms. The summed E-state index contributed by atoms with van der Waals surface area (Å²) >= 11 is 0. The van der Waals surface area contributed by atoms with E-state index in [1.165, 1.54) is 0 Å². The van der Waals surface area contributed by atoms with E-state index in [1.807, 2.05) is 48.9 Å². The number of aromatic nitrogens is 1. The summed E-state index contributed by atoms with van der Waals surface area (Å²) in [4.78, 5) is 12.0. The van der Waals surface area contributed by atoms with Crippen molar-refractivity contribution >= 4 is 16.8 Å². The Balaban J connectivity index is 2.19. The van der Waals surface area contributed by atoms with Crippen LogP contribution in [0.2, 0.25) is 0 Å². The summed E-state index contributed by atoms with van der Waals surface area (Å²) in [6.07, 6.45) is 2.87. The standard InChI is InChI=1S/C16H22N2O2/c1-4-12(3)17-16(19)11-18-10-9-13-14(18)7-6-8-15(13)20-5-2/h6-10,12H,4-5,11H2,1-3H3,(H,17,19). The molecular weight excluding hydrogens is 252 g/mol. The third-order valence-corrected chi connectivity index (χ3v) is 3.41. The molecule has 1 aromatic heterocycles. The van der Waals surface area contributed by atoms with Gasteiger partial charge in [-0.15, -0.1) is 0 Å². The minimum Gasteiger partial charge on any atom is -0.493 e. The van der Waals surface area contributed by atoms with Gasteiger partial charge in [-0.2, -0.15) is 0 Å². The van der Waals surface area contributed by atoms with Crippen molar-refractivity contribution in [3.63, 3.8) is 0 Å². The number of hydrogen-bond acceptors (Lipinski definition) is 2. The lowest BCUT2D eigenvalue weighted by Gasteiger charge is -2.12. The van der Waals surface area contributed by atoms with Gasteiger partial charge >= 0.3 is 0 Å². The highest BCUT2D eigenvalue weighted by Crippen LogP contribution is 2.26. The molecule has 0 aliphatic heterocycles. The Hall–Kier alpha value is -1.97. The summed E-state index contributed by atoms with van der Waals surface area (Å²) in [6, 6.07) is 8.13. The summed E-state index contributed by atoms with van der Waals surface area (Å²) in [7, 11) is 0. The summed E-state index contributed by atoms with van der Waals surface area (Å²) in [5.74, 6) is 0.907. The first-order chi connectivity index (χ1) is 9.65. The second-order valence-corrected chi connectivity index (χ2v) is 4.94. The minimum atomic E-state index is 0.0404. The van der Waals surface area contributed by atoms with Gasteiger partial charge in [-0.3, -0.25) is 4.79 Å². The fourth-order valence-corrected chi connectivity index (χ4v) is 2.19. The van der Waals surface area contributed by atoms with Crippen molar-refractivity contribution in [3.05, 3.63) is 30.5 Å². The van der Waals surface area contributed by atoms with Crippen molar-refractivity contribution in [2.24, 2.45) is 0 Å². The van der Waals surface area contributed by atoms with Gasteiger partial charge in [0, 0.05) is 17.6 Å². The maximum absolute atomic E-state index is 12.0. The SMILES string of the molecule is CCOc1cccc2c1ccn2CC(=O)NC(C)CC. The lowest BCUT2D eigenvalue weighted by molar-refractivity contribution is -0.122. The average molecular weight is 274 g/mol. The first-order valence-corrected chi connectivity index (χ1v) is 7.15. The van der Waals surface area contributed by atoms with E-state index in [0.717, 1.165) is 23.1 Å². The normalized spacial score (nSPS) is 12.3. The number of ether oxygens (including phenoxy) is 1. The number of carbonyl (C=O) groups is 1. The van der Waals surface area contributed by atoms with Gasteiger partial charge in [-0.25, -0.2) is 0 Å². The number of rotatable bonds is 6. The van der Waals surface area contributed by atoms with Crippen LogP contribution in [0.1, 0.15) is 27.2 Å². The molecule has 1 atom stereocenters. The van der Waals surface area contributed by atoms with Crippen LogP contribution in [0.15, 0.2) is 30.5 Å². The van der Waals surface area contributed by atoms with E-state index in [9.17, 15) is 4.79 Å². The quantitative estimate of drug-likeness (QED) is 0.880. The molecule has 0 fully saturated rings. The molecule has 1 heterocycles. The number of carbonyl (C=O) groups excluding carboxylic acids is 1. The zero-order chi connectivity index (χ0) is 14.5. The predicted molar refractivity (Wildman–Crippen MR) is 81.0 cm³/mol. The Morgan fingerprint density at radius 3 is 2.85 bits per heavy atom. The van der Waals surface area contributed by atoms with Gasteiger partial charge in [-0.1, -0.05) is 13.0 Å². The van der Waals surface area contributed by atoms with Crippen LogP contribution in [0.4, 0.5) is 0 Å². The number of amides is 1. The topological polar surface area (TPSA) is 43.3 Å². The highest BCUT2D eigenvalue weighted by Gasteiger charge is 2.10. The summed E-state index contributed by atoms with van der Waals surface area (Å²) in [5.41, 5.74) is 1.02.